The molecule has 0 heterocycles. The Morgan fingerprint density at radius 3 is 2.38 bits per heavy atom. The topological polar surface area (TPSA) is 26.3 Å². The summed E-state index contributed by atoms with van der Waals surface area (Å²) >= 11 is 0. The molecule has 0 saturated heterocycles. The molecule has 0 amide bonds. The Hall–Kier alpha value is 0.690. The van der Waals surface area contributed by atoms with Gasteiger partial charge < -0.3 is 4.74 Å². The Labute approximate surface area is 93.7 Å². The van der Waals surface area contributed by atoms with Crippen LogP contribution in [0.25, 0.3) is 0 Å². The summed E-state index contributed by atoms with van der Waals surface area (Å²) < 4.78 is 4.76. The molecule has 0 rings (SSSR count). The normalized spacial score (nSPS) is 12.6. The number of rotatable bonds is 6. The average Bonchev–Trinajstić information content (AvgIpc) is 2.00. The molecule has 0 aliphatic heterocycles. The van der Waals surface area contributed by atoms with Gasteiger partial charge in [0.1, 0.15) is 0 Å². The van der Waals surface area contributed by atoms with Crippen molar-refractivity contribution in [1.82, 2.24) is 0 Å². The molecule has 0 N–H and O–H groups in total. The molecular weight excluding hydrogens is 255 g/mol. The van der Waals surface area contributed by atoms with Crippen LogP contribution >= 0.6 is 39.7 Å². The third-order valence-corrected chi connectivity index (χ3v) is 2.52. The fourth-order valence-electron chi connectivity index (χ4n) is 0.724. The lowest BCUT2D eigenvalue weighted by Crippen LogP contribution is -2.05. The van der Waals surface area contributed by atoms with E-state index in [0.29, 0.717) is 6.42 Å². The predicted molar refractivity (Wildman–Crippen MR) is 60.3 cm³/mol. The molecule has 0 aromatic carbocycles. The molecule has 0 saturated carbocycles. The van der Waals surface area contributed by atoms with E-state index in [2.05, 4.69) is 6.92 Å². The highest BCUT2D eigenvalue weighted by molar-refractivity contribution is 8.78. The van der Waals surface area contributed by atoms with Crippen molar-refractivity contribution < 1.29 is 9.53 Å². The summed E-state index contributed by atoms with van der Waals surface area (Å²) in [6.45, 7) is 2.07. The van der Waals surface area contributed by atoms with E-state index in [1.54, 1.807) is 0 Å². The van der Waals surface area contributed by atoms with E-state index in [4.69, 9.17) is 36.8 Å². The maximum Gasteiger partial charge on any atom is 0.306 e. The maximum absolute atomic E-state index is 11.0. The Bertz CT molecular complexity index is 158. The third kappa shape index (κ3) is 10.6. The molecule has 0 atom stereocenters. The zero-order valence-electron chi connectivity index (χ0n) is 7.39. The van der Waals surface area contributed by atoms with Crippen molar-refractivity contribution in [2.45, 2.75) is 32.6 Å². The van der Waals surface area contributed by atoms with Crippen LogP contribution in [0.2, 0.25) is 0 Å². The van der Waals surface area contributed by atoms with Gasteiger partial charge >= 0.3 is 5.97 Å². The van der Waals surface area contributed by atoms with Crippen LogP contribution in [0.5, 0.6) is 0 Å². The van der Waals surface area contributed by atoms with Gasteiger partial charge in [0.25, 0.3) is 0 Å². The van der Waals surface area contributed by atoms with Crippen LogP contribution in [0.4, 0.5) is 0 Å². The quantitative estimate of drug-likeness (QED) is 0.529. The molecule has 13 heavy (non-hydrogen) atoms. The molecule has 2 nitrogen and oxygen atoms in total. The Balaban J connectivity index is 3.41. The van der Waals surface area contributed by atoms with E-state index in [1.807, 2.05) is 0 Å². The van der Waals surface area contributed by atoms with Crippen molar-refractivity contribution in [1.29, 1.82) is 0 Å². The number of hydrogen-bond acceptors (Lipinski definition) is 2. The van der Waals surface area contributed by atoms with Crippen LogP contribution < -0.4 is 0 Å². The molecule has 0 fully saturated rings. The Kier molecular flexibility index (Phi) is 7.42. The lowest BCUT2D eigenvalue weighted by atomic mass is 10.2. The van der Waals surface area contributed by atoms with E-state index in [1.165, 1.54) is 0 Å². The molecule has 6 heteroatoms. The molecule has 0 spiro atoms. The number of ether oxygens (including phenoxy) is 1. The van der Waals surface area contributed by atoms with E-state index in [-0.39, 0.29) is 11.9 Å². The average molecular weight is 268 g/mol. The molecule has 0 aliphatic rings. The van der Waals surface area contributed by atoms with Gasteiger partial charge in [0.2, 0.25) is 0 Å². The zero-order chi connectivity index (χ0) is 10.3. The molecule has 80 valence electrons. The molecule has 0 radical (unpaired) electrons. The lowest BCUT2D eigenvalue weighted by Gasteiger charge is -2.14. The number of unbranched alkanes of at least 4 members (excludes halogenated alkanes) is 2. The number of hydrogen-bond donors (Lipinski definition) is 0. The van der Waals surface area contributed by atoms with E-state index in [9.17, 15) is 4.79 Å². The van der Waals surface area contributed by atoms with Gasteiger partial charge in [-0.05, 0) is 38.5 Å². The van der Waals surface area contributed by atoms with Gasteiger partial charge in [-0.3, -0.25) is 4.79 Å². The number of halogens is 3. The monoisotopic (exact) mass is 266 g/mol. The second-order valence-electron chi connectivity index (χ2n) is 2.59. The maximum atomic E-state index is 11.0. The minimum absolute atomic E-state index is 0.0946. The molecular formula is C7H13Cl3O2S. The van der Waals surface area contributed by atoms with Crippen molar-refractivity contribution in [3.05, 3.63) is 0 Å². The van der Waals surface area contributed by atoms with Gasteiger partial charge in [-0.2, -0.15) is 0 Å². The van der Waals surface area contributed by atoms with Crippen molar-refractivity contribution >= 4 is 45.7 Å². The Morgan fingerprint density at radius 1 is 1.31 bits per heavy atom. The van der Waals surface area contributed by atoms with Gasteiger partial charge in [-0.25, -0.2) is 0 Å². The molecule has 0 aromatic heterocycles. The summed E-state index contributed by atoms with van der Waals surface area (Å²) in [5, 5.41) is 0. The fraction of sp³-hybridized carbons (Fsp3) is 0.857. The minimum Gasteiger partial charge on any atom is -0.453 e. The van der Waals surface area contributed by atoms with Crippen LogP contribution in [0.1, 0.15) is 32.6 Å². The van der Waals surface area contributed by atoms with Crippen LogP contribution in [-0.4, -0.2) is 11.9 Å². The summed E-state index contributed by atoms with van der Waals surface area (Å²) in [6.07, 6.45) is 3.34. The van der Waals surface area contributed by atoms with Crippen LogP contribution in [0.15, 0.2) is 0 Å². The summed E-state index contributed by atoms with van der Waals surface area (Å²) in [5.74, 6) is -0.380. The smallest absolute Gasteiger partial charge is 0.306 e. The van der Waals surface area contributed by atoms with Gasteiger partial charge in [0.15, 0.2) is 5.94 Å². The van der Waals surface area contributed by atoms with Crippen LogP contribution in [0, 0.1) is 0 Å². The second kappa shape index (κ2) is 7.04. The summed E-state index contributed by atoms with van der Waals surface area (Å²) in [6, 6.07) is 0. The minimum atomic E-state index is -2.28. The standard InChI is InChI=1S/C7H13Cl3O2S/c1-2-3-4-5-7(11)12-6-13(8,9)10/h2-6H2,1H3. The second-order valence-corrected chi connectivity index (χ2v) is 10.00. The first-order valence-corrected chi connectivity index (χ1v) is 8.29. The highest BCUT2D eigenvalue weighted by atomic mass is 36.2. The first kappa shape index (κ1) is 13.7. The van der Waals surface area contributed by atoms with Gasteiger partial charge in [0.05, 0.1) is 0 Å². The summed E-state index contributed by atoms with van der Waals surface area (Å²) in [5.41, 5.74) is 0. The summed E-state index contributed by atoms with van der Waals surface area (Å²) in [7, 11) is 14.2. The van der Waals surface area contributed by atoms with Crippen molar-refractivity contribution in [3.8, 4) is 0 Å². The van der Waals surface area contributed by atoms with Gasteiger partial charge in [-0.1, -0.05) is 19.8 Å². The Morgan fingerprint density at radius 2 is 1.92 bits per heavy atom. The molecule has 0 aromatic rings. The highest BCUT2D eigenvalue weighted by Gasteiger charge is 2.15. The predicted octanol–water partition coefficient (Wildman–Crippen LogP) is 4.33. The van der Waals surface area contributed by atoms with Crippen LogP contribution in [0.3, 0.4) is 0 Å². The molecule has 0 bridgehead atoms. The zero-order valence-corrected chi connectivity index (χ0v) is 10.5. The van der Waals surface area contributed by atoms with E-state index >= 15 is 0 Å². The summed E-state index contributed by atoms with van der Waals surface area (Å²) in [4.78, 5) is 11.0. The van der Waals surface area contributed by atoms with Crippen molar-refractivity contribution in [2.75, 3.05) is 5.94 Å². The number of carbonyl (C=O) groups excluding carboxylic acids is 1. The van der Waals surface area contributed by atoms with Crippen molar-refractivity contribution in [2.24, 2.45) is 0 Å². The first-order chi connectivity index (χ1) is 5.95. The van der Waals surface area contributed by atoms with E-state index in [0.717, 1.165) is 19.3 Å². The van der Waals surface area contributed by atoms with E-state index < -0.39 is 7.67 Å². The lowest BCUT2D eigenvalue weighted by molar-refractivity contribution is -0.141. The van der Waals surface area contributed by atoms with Gasteiger partial charge in [0, 0.05) is 14.1 Å². The largest absolute Gasteiger partial charge is 0.453 e. The van der Waals surface area contributed by atoms with Crippen LogP contribution in [-0.2, 0) is 9.53 Å². The molecule has 0 aliphatic carbocycles. The fourth-order valence-corrected chi connectivity index (χ4v) is 1.39. The number of carbonyl (C=O) groups is 1. The first-order valence-electron chi connectivity index (χ1n) is 4.01. The van der Waals surface area contributed by atoms with Gasteiger partial charge in [-0.15, -0.1) is 0 Å². The third-order valence-electron chi connectivity index (χ3n) is 1.34. The molecule has 0 unspecified atom stereocenters. The number of esters is 1. The SMILES string of the molecule is CCCCCC(=O)OCS(Cl)(Cl)Cl. The highest BCUT2D eigenvalue weighted by Crippen LogP contribution is 2.62. The van der Waals surface area contributed by atoms with Crippen molar-refractivity contribution in [3.63, 3.8) is 0 Å².